The summed E-state index contributed by atoms with van der Waals surface area (Å²) in [6.45, 7) is 2.06. The fraction of sp³-hybridized carbons (Fsp3) is 0.310. The van der Waals surface area contributed by atoms with Gasteiger partial charge in [-0.15, -0.1) is 0 Å². The minimum absolute atomic E-state index is 0.210. The highest BCUT2D eigenvalue weighted by atomic mass is 35.5. The average Bonchev–Trinajstić information content (AvgIpc) is 3.35. The predicted molar refractivity (Wildman–Crippen MR) is 152 cm³/mol. The monoisotopic (exact) mass is 534 g/mol. The number of benzene rings is 2. The molecule has 2 aromatic heterocycles. The maximum absolute atomic E-state index is 13.9. The second-order valence-electron chi connectivity index (χ2n) is 9.75. The van der Waals surface area contributed by atoms with Crippen molar-refractivity contribution in [3.8, 4) is 16.9 Å². The standard InChI is InChI=1S/C29H32ClFN6O/c1-17-12-22(38-3)9-10-23(17)18-13-27-28(35-21-7-5-20(33-2)6-8-21)24(15-34-37(27)16-18)29(32)36-26-14-19(31)4-11-25(26)30/h4,9-16,20-21,33,35H,5-8H2,1-3H3,(H2,32,36)/t20-,21-. The van der Waals surface area contributed by atoms with E-state index in [9.17, 15) is 4.39 Å². The van der Waals surface area contributed by atoms with E-state index in [2.05, 4.69) is 39.8 Å². The van der Waals surface area contributed by atoms with Gasteiger partial charge < -0.3 is 21.1 Å². The summed E-state index contributed by atoms with van der Waals surface area (Å²) in [5.41, 5.74) is 12.4. The molecular weight excluding hydrogens is 503 g/mol. The van der Waals surface area contributed by atoms with Crippen LogP contribution < -0.4 is 21.1 Å². The van der Waals surface area contributed by atoms with Gasteiger partial charge in [0.1, 0.15) is 17.4 Å². The Balaban J connectivity index is 1.60. The van der Waals surface area contributed by atoms with Gasteiger partial charge in [-0.1, -0.05) is 17.7 Å². The topological polar surface area (TPSA) is 89.0 Å². The summed E-state index contributed by atoms with van der Waals surface area (Å²) < 4.78 is 21.1. The van der Waals surface area contributed by atoms with Gasteiger partial charge in [-0.05, 0) is 81.1 Å². The number of amidine groups is 1. The third kappa shape index (κ3) is 5.33. The van der Waals surface area contributed by atoms with Crippen molar-refractivity contribution in [1.82, 2.24) is 14.9 Å². The molecule has 1 fully saturated rings. The predicted octanol–water partition coefficient (Wildman–Crippen LogP) is 6.09. The molecule has 1 saturated carbocycles. The van der Waals surface area contributed by atoms with Crippen molar-refractivity contribution in [2.45, 2.75) is 44.7 Å². The van der Waals surface area contributed by atoms with Crippen molar-refractivity contribution in [2.24, 2.45) is 10.7 Å². The lowest BCUT2D eigenvalue weighted by Gasteiger charge is -2.30. The molecule has 0 atom stereocenters. The molecule has 0 amide bonds. The number of aliphatic imine (C=N–C) groups is 1. The van der Waals surface area contributed by atoms with Crippen molar-refractivity contribution >= 4 is 34.3 Å². The van der Waals surface area contributed by atoms with Crippen LogP contribution >= 0.6 is 11.6 Å². The zero-order chi connectivity index (χ0) is 26.8. The molecule has 2 heterocycles. The number of halogens is 2. The fourth-order valence-electron chi connectivity index (χ4n) is 5.13. The van der Waals surface area contributed by atoms with Crippen LogP contribution in [-0.4, -0.2) is 41.7 Å². The smallest absolute Gasteiger partial charge is 0.135 e. The normalized spacial score (nSPS) is 18.1. The quantitative estimate of drug-likeness (QED) is 0.197. The van der Waals surface area contributed by atoms with Crippen molar-refractivity contribution < 1.29 is 9.13 Å². The Morgan fingerprint density at radius 3 is 2.61 bits per heavy atom. The van der Waals surface area contributed by atoms with Gasteiger partial charge in [0.05, 0.1) is 40.8 Å². The zero-order valence-electron chi connectivity index (χ0n) is 21.8. The number of fused-ring (bicyclic) bond motifs is 1. The van der Waals surface area contributed by atoms with Crippen LogP contribution in [-0.2, 0) is 0 Å². The third-order valence-corrected chi connectivity index (χ3v) is 7.61. The van der Waals surface area contributed by atoms with E-state index in [1.54, 1.807) is 13.3 Å². The molecule has 0 radical (unpaired) electrons. The van der Waals surface area contributed by atoms with Crippen LogP contribution in [0.2, 0.25) is 5.02 Å². The average molecular weight is 535 g/mol. The van der Waals surface area contributed by atoms with Gasteiger partial charge in [0, 0.05) is 29.9 Å². The molecule has 0 spiro atoms. The lowest BCUT2D eigenvalue weighted by Crippen LogP contribution is -2.35. The lowest BCUT2D eigenvalue weighted by molar-refractivity contribution is 0.371. The number of hydrogen-bond donors (Lipinski definition) is 3. The molecule has 5 rings (SSSR count). The van der Waals surface area contributed by atoms with Crippen LogP contribution in [0, 0.1) is 12.7 Å². The molecule has 4 N–H and O–H groups in total. The maximum atomic E-state index is 13.9. The number of nitrogens with two attached hydrogens (primary N) is 1. The number of aromatic nitrogens is 2. The Kier molecular flexibility index (Phi) is 7.53. The van der Waals surface area contributed by atoms with E-state index in [1.165, 1.54) is 18.2 Å². The Labute approximate surface area is 226 Å². The van der Waals surface area contributed by atoms with E-state index in [4.69, 9.17) is 22.1 Å². The minimum Gasteiger partial charge on any atom is -0.497 e. The molecule has 1 aliphatic carbocycles. The molecule has 0 saturated heterocycles. The number of aryl methyl sites for hydroxylation is 1. The van der Waals surface area contributed by atoms with Gasteiger partial charge in [-0.3, -0.25) is 0 Å². The Bertz CT molecular complexity index is 1490. The van der Waals surface area contributed by atoms with Crippen LogP contribution in [0.1, 0.15) is 36.8 Å². The highest BCUT2D eigenvalue weighted by Crippen LogP contribution is 2.34. The van der Waals surface area contributed by atoms with Gasteiger partial charge in [0.15, 0.2) is 0 Å². The molecule has 7 nitrogen and oxygen atoms in total. The molecular formula is C29H32ClFN6O. The maximum Gasteiger partial charge on any atom is 0.135 e. The van der Waals surface area contributed by atoms with E-state index >= 15 is 0 Å². The minimum atomic E-state index is -0.430. The summed E-state index contributed by atoms with van der Waals surface area (Å²) in [4.78, 5) is 4.48. The summed E-state index contributed by atoms with van der Waals surface area (Å²) in [5, 5.41) is 12.1. The van der Waals surface area contributed by atoms with Crippen molar-refractivity contribution in [3.05, 3.63) is 76.8 Å². The number of methoxy groups -OCH3 is 1. The largest absolute Gasteiger partial charge is 0.497 e. The lowest BCUT2D eigenvalue weighted by atomic mass is 9.91. The highest BCUT2D eigenvalue weighted by molar-refractivity contribution is 6.33. The van der Waals surface area contributed by atoms with Gasteiger partial charge >= 0.3 is 0 Å². The second kappa shape index (κ2) is 11.0. The van der Waals surface area contributed by atoms with Gasteiger partial charge in [0.2, 0.25) is 0 Å². The van der Waals surface area contributed by atoms with Crippen LogP contribution in [0.5, 0.6) is 5.75 Å². The van der Waals surface area contributed by atoms with Crippen molar-refractivity contribution in [3.63, 3.8) is 0 Å². The Morgan fingerprint density at radius 2 is 1.89 bits per heavy atom. The Hall–Kier alpha value is -3.62. The summed E-state index contributed by atoms with van der Waals surface area (Å²) in [7, 11) is 3.68. The number of ether oxygens (including phenoxy) is 1. The molecule has 0 unspecified atom stereocenters. The molecule has 4 aromatic rings. The number of nitrogens with zero attached hydrogens (tertiary/aromatic N) is 3. The molecule has 198 valence electrons. The van der Waals surface area contributed by atoms with E-state index in [0.29, 0.717) is 16.6 Å². The van der Waals surface area contributed by atoms with E-state index in [0.717, 1.165) is 59.3 Å². The summed E-state index contributed by atoms with van der Waals surface area (Å²) >= 11 is 6.27. The van der Waals surface area contributed by atoms with Gasteiger partial charge in [-0.25, -0.2) is 13.9 Å². The molecule has 0 aliphatic heterocycles. The molecule has 0 bridgehead atoms. The molecule has 1 aliphatic rings. The summed E-state index contributed by atoms with van der Waals surface area (Å²) in [6.07, 6.45) is 7.93. The fourth-order valence-corrected chi connectivity index (χ4v) is 5.29. The second-order valence-corrected chi connectivity index (χ2v) is 10.2. The SMILES string of the molecule is CN[C@H]1CC[C@H](Nc2c(/C(N)=N/c3cc(F)ccc3Cl)cnn3cc(-c4ccc(OC)cc4C)cc23)CC1. The zero-order valence-corrected chi connectivity index (χ0v) is 22.5. The molecule has 9 heteroatoms. The summed E-state index contributed by atoms with van der Waals surface area (Å²) in [5.74, 6) is 0.595. The van der Waals surface area contributed by atoms with Crippen molar-refractivity contribution in [1.29, 1.82) is 0 Å². The first-order chi connectivity index (χ1) is 18.4. The van der Waals surface area contributed by atoms with E-state index < -0.39 is 5.82 Å². The van der Waals surface area contributed by atoms with Crippen LogP contribution in [0.25, 0.3) is 16.6 Å². The first kappa shape index (κ1) is 26.0. The molecule has 38 heavy (non-hydrogen) atoms. The van der Waals surface area contributed by atoms with E-state index in [-0.39, 0.29) is 17.6 Å². The Morgan fingerprint density at radius 1 is 1.13 bits per heavy atom. The number of anilines is 1. The third-order valence-electron chi connectivity index (χ3n) is 7.29. The van der Waals surface area contributed by atoms with Gasteiger partial charge in [-0.2, -0.15) is 5.10 Å². The first-order valence-electron chi connectivity index (χ1n) is 12.8. The summed E-state index contributed by atoms with van der Waals surface area (Å²) in [6, 6.07) is 13.0. The number of rotatable bonds is 7. The first-order valence-corrected chi connectivity index (χ1v) is 13.1. The van der Waals surface area contributed by atoms with Crippen LogP contribution in [0.3, 0.4) is 0 Å². The van der Waals surface area contributed by atoms with Crippen LogP contribution in [0.4, 0.5) is 15.8 Å². The number of nitrogens with one attached hydrogen (secondary N) is 2. The van der Waals surface area contributed by atoms with E-state index in [1.807, 2.05) is 29.9 Å². The number of hydrogen-bond acceptors (Lipinski definition) is 5. The van der Waals surface area contributed by atoms with Crippen LogP contribution in [0.15, 0.2) is 59.9 Å². The molecule has 2 aromatic carbocycles. The highest BCUT2D eigenvalue weighted by Gasteiger charge is 2.23. The van der Waals surface area contributed by atoms with Gasteiger partial charge in [0.25, 0.3) is 0 Å². The van der Waals surface area contributed by atoms with Crippen molar-refractivity contribution in [2.75, 3.05) is 19.5 Å².